The highest BCUT2D eigenvalue weighted by atomic mass is 32.2. The molecule has 126 valence electrons. The van der Waals surface area contributed by atoms with Gasteiger partial charge >= 0.3 is 6.03 Å². The van der Waals surface area contributed by atoms with Crippen LogP contribution in [0.15, 0.2) is 0 Å². The number of rotatable bonds is 0. The Kier molecular flexibility index (Phi) is 4.70. The minimum atomic E-state index is -2.98. The van der Waals surface area contributed by atoms with E-state index in [0.717, 1.165) is 0 Å². The molecule has 2 saturated heterocycles. The summed E-state index contributed by atoms with van der Waals surface area (Å²) in [5, 5.41) is 0. The first-order chi connectivity index (χ1) is 10.1. The van der Waals surface area contributed by atoms with Crippen molar-refractivity contribution >= 4 is 21.8 Å². The minimum Gasteiger partial charge on any atom is -0.339 e. The molecule has 22 heavy (non-hydrogen) atoms. The predicted molar refractivity (Wildman–Crippen MR) is 83.2 cm³/mol. The van der Waals surface area contributed by atoms with E-state index >= 15 is 0 Å². The third-order valence-electron chi connectivity index (χ3n) is 4.09. The van der Waals surface area contributed by atoms with Crippen molar-refractivity contribution < 1.29 is 18.0 Å². The van der Waals surface area contributed by atoms with Crippen LogP contribution in [0.5, 0.6) is 0 Å². The average Bonchev–Trinajstić information content (AvgIpc) is 2.45. The van der Waals surface area contributed by atoms with E-state index < -0.39 is 15.3 Å². The van der Waals surface area contributed by atoms with E-state index in [1.54, 1.807) is 14.7 Å². The lowest BCUT2D eigenvalue weighted by atomic mass is 9.94. The summed E-state index contributed by atoms with van der Waals surface area (Å²) in [6.45, 7) is 8.28. The Morgan fingerprint density at radius 2 is 1.18 bits per heavy atom. The van der Waals surface area contributed by atoms with E-state index in [2.05, 4.69) is 0 Å². The van der Waals surface area contributed by atoms with Crippen molar-refractivity contribution in [2.24, 2.45) is 5.41 Å². The summed E-state index contributed by atoms with van der Waals surface area (Å²) in [5.74, 6) is 0.186. The van der Waals surface area contributed by atoms with Crippen molar-refractivity contribution in [3.63, 3.8) is 0 Å². The molecule has 0 spiro atoms. The van der Waals surface area contributed by atoms with Gasteiger partial charge in [-0.2, -0.15) is 0 Å². The summed E-state index contributed by atoms with van der Waals surface area (Å²) in [7, 11) is -2.98. The number of hydrogen-bond donors (Lipinski definition) is 0. The average molecular weight is 331 g/mol. The molecule has 0 aromatic heterocycles. The molecule has 0 aliphatic carbocycles. The maximum atomic E-state index is 12.4. The lowest BCUT2D eigenvalue weighted by Crippen LogP contribution is -2.57. The van der Waals surface area contributed by atoms with Gasteiger partial charge in [-0.05, 0) is 0 Å². The van der Waals surface area contributed by atoms with Gasteiger partial charge in [0, 0.05) is 44.7 Å². The molecule has 0 aromatic carbocycles. The third kappa shape index (κ3) is 3.91. The van der Waals surface area contributed by atoms with Crippen molar-refractivity contribution in [3.05, 3.63) is 0 Å². The molecule has 0 aromatic rings. The first-order valence-electron chi connectivity index (χ1n) is 7.64. The summed E-state index contributed by atoms with van der Waals surface area (Å²) in [5.41, 5.74) is -0.409. The van der Waals surface area contributed by atoms with Crippen LogP contribution in [0.2, 0.25) is 0 Å². The van der Waals surface area contributed by atoms with Crippen molar-refractivity contribution in [2.75, 3.05) is 50.8 Å². The Balaban J connectivity index is 1.87. The van der Waals surface area contributed by atoms with Gasteiger partial charge in [-0.15, -0.1) is 0 Å². The second-order valence-electron chi connectivity index (χ2n) is 6.95. The molecular weight excluding hydrogens is 306 g/mol. The molecule has 2 heterocycles. The highest BCUT2D eigenvalue weighted by molar-refractivity contribution is 7.91. The van der Waals surface area contributed by atoms with Gasteiger partial charge in [0.1, 0.15) is 0 Å². The Morgan fingerprint density at radius 3 is 1.64 bits per heavy atom. The van der Waals surface area contributed by atoms with Crippen molar-refractivity contribution in [2.45, 2.75) is 20.8 Å². The molecule has 0 unspecified atom stereocenters. The largest absolute Gasteiger partial charge is 0.339 e. The summed E-state index contributed by atoms with van der Waals surface area (Å²) in [6.07, 6.45) is 0. The number of nitrogens with zero attached hydrogens (tertiary/aromatic N) is 3. The maximum Gasteiger partial charge on any atom is 0.320 e. The fourth-order valence-corrected chi connectivity index (χ4v) is 3.88. The molecule has 2 fully saturated rings. The number of carbonyl (C=O) groups is 2. The second-order valence-corrected chi connectivity index (χ2v) is 9.25. The second kappa shape index (κ2) is 6.06. The topological polar surface area (TPSA) is 78.0 Å². The van der Waals surface area contributed by atoms with Gasteiger partial charge in [-0.25, -0.2) is 13.2 Å². The zero-order chi connectivity index (χ0) is 16.5. The smallest absolute Gasteiger partial charge is 0.320 e. The lowest BCUT2D eigenvalue weighted by Gasteiger charge is -2.40. The van der Waals surface area contributed by atoms with E-state index in [4.69, 9.17) is 0 Å². The first kappa shape index (κ1) is 17.1. The number of hydrogen-bond acceptors (Lipinski definition) is 4. The molecule has 0 saturated carbocycles. The van der Waals surface area contributed by atoms with E-state index in [0.29, 0.717) is 26.2 Å². The van der Waals surface area contributed by atoms with Crippen LogP contribution in [0.25, 0.3) is 0 Å². The minimum absolute atomic E-state index is 0.0429. The Labute approximate surface area is 132 Å². The van der Waals surface area contributed by atoms with Crippen LogP contribution < -0.4 is 0 Å². The van der Waals surface area contributed by atoms with Gasteiger partial charge in [0.2, 0.25) is 5.91 Å². The normalized spacial score (nSPS) is 22.6. The number of urea groups is 1. The number of amides is 3. The quantitative estimate of drug-likeness (QED) is 0.627. The van der Waals surface area contributed by atoms with Crippen molar-refractivity contribution in [1.29, 1.82) is 0 Å². The zero-order valence-electron chi connectivity index (χ0n) is 13.5. The summed E-state index contributed by atoms with van der Waals surface area (Å²) >= 11 is 0. The highest BCUT2D eigenvalue weighted by Crippen LogP contribution is 2.19. The summed E-state index contributed by atoms with van der Waals surface area (Å²) < 4.78 is 22.8. The van der Waals surface area contributed by atoms with E-state index in [1.807, 2.05) is 20.8 Å². The fraction of sp³-hybridized carbons (Fsp3) is 0.857. The monoisotopic (exact) mass is 331 g/mol. The van der Waals surface area contributed by atoms with E-state index in [1.165, 1.54) is 0 Å². The molecular formula is C14H25N3O4S. The van der Waals surface area contributed by atoms with E-state index in [9.17, 15) is 18.0 Å². The molecule has 2 aliphatic heterocycles. The van der Waals surface area contributed by atoms with E-state index in [-0.39, 0.29) is 36.5 Å². The van der Waals surface area contributed by atoms with Crippen LogP contribution in [-0.2, 0) is 14.6 Å². The number of carbonyl (C=O) groups excluding carboxylic acids is 2. The van der Waals surface area contributed by atoms with Crippen LogP contribution in [0.4, 0.5) is 4.79 Å². The molecule has 2 aliphatic rings. The van der Waals surface area contributed by atoms with Gasteiger partial charge in [0.25, 0.3) is 0 Å². The van der Waals surface area contributed by atoms with Crippen LogP contribution >= 0.6 is 0 Å². The Morgan fingerprint density at radius 1 is 0.773 bits per heavy atom. The Hall–Kier alpha value is -1.31. The third-order valence-corrected chi connectivity index (χ3v) is 5.70. The van der Waals surface area contributed by atoms with Crippen molar-refractivity contribution in [1.82, 2.24) is 14.7 Å². The van der Waals surface area contributed by atoms with Crippen LogP contribution in [0, 0.1) is 5.41 Å². The molecule has 0 bridgehead atoms. The van der Waals surface area contributed by atoms with Gasteiger partial charge in [0.15, 0.2) is 9.84 Å². The van der Waals surface area contributed by atoms with Gasteiger partial charge in [-0.3, -0.25) is 4.79 Å². The maximum absolute atomic E-state index is 12.4. The van der Waals surface area contributed by atoms with Crippen LogP contribution in [0.1, 0.15) is 20.8 Å². The van der Waals surface area contributed by atoms with Crippen LogP contribution in [0.3, 0.4) is 0 Å². The molecule has 0 N–H and O–H groups in total. The van der Waals surface area contributed by atoms with Crippen molar-refractivity contribution in [3.8, 4) is 0 Å². The predicted octanol–water partition coefficient (Wildman–Crippen LogP) is 0.0271. The Bertz CT molecular complexity index is 531. The molecule has 3 amide bonds. The molecule has 7 nitrogen and oxygen atoms in total. The van der Waals surface area contributed by atoms with Crippen LogP contribution in [-0.4, -0.2) is 85.8 Å². The molecule has 2 rings (SSSR count). The van der Waals surface area contributed by atoms with Gasteiger partial charge in [0.05, 0.1) is 11.5 Å². The summed E-state index contributed by atoms with van der Waals surface area (Å²) in [4.78, 5) is 29.7. The number of sulfone groups is 1. The molecule has 8 heteroatoms. The standard InChI is InChI=1S/C14H25N3O4S/c1-14(2,3)12(18)15-4-6-16(7-5-15)13(19)17-8-10-22(20,21)11-9-17/h4-11H2,1-3H3. The molecule has 0 radical (unpaired) electrons. The SMILES string of the molecule is CC(C)(C)C(=O)N1CCN(C(=O)N2CCS(=O)(=O)CC2)CC1. The lowest BCUT2D eigenvalue weighted by molar-refractivity contribution is -0.140. The van der Waals surface area contributed by atoms with Gasteiger partial charge in [-0.1, -0.05) is 20.8 Å². The number of piperazine rings is 1. The zero-order valence-corrected chi connectivity index (χ0v) is 14.4. The fourth-order valence-electron chi connectivity index (χ4n) is 2.68. The first-order valence-corrected chi connectivity index (χ1v) is 9.46. The molecule has 0 atom stereocenters. The highest BCUT2D eigenvalue weighted by Gasteiger charge is 2.33. The summed E-state index contributed by atoms with van der Waals surface area (Å²) in [6, 6.07) is -0.113. The van der Waals surface area contributed by atoms with Gasteiger partial charge < -0.3 is 14.7 Å².